The van der Waals surface area contributed by atoms with Crippen LogP contribution in [-0.2, 0) is 0 Å². The number of aromatic hydroxyl groups is 1. The van der Waals surface area contributed by atoms with E-state index in [4.69, 9.17) is 15.9 Å². The van der Waals surface area contributed by atoms with Crippen LogP contribution in [-0.4, -0.2) is 46.3 Å². The second-order valence-electron chi connectivity index (χ2n) is 3.71. The van der Waals surface area contributed by atoms with Crippen molar-refractivity contribution in [2.24, 2.45) is 0 Å². The molecule has 5 nitrogen and oxygen atoms in total. The van der Waals surface area contributed by atoms with Crippen LogP contribution in [0, 0.1) is 0 Å². The normalized spacial score (nSPS) is 15.6. The van der Waals surface area contributed by atoms with Crippen molar-refractivity contribution < 1.29 is 10.2 Å². The number of likely N-dealkylation sites (tertiary alicyclic amines) is 1. The molecule has 90 valence electrons. The van der Waals surface area contributed by atoms with Gasteiger partial charge in [-0.25, -0.2) is 4.98 Å². The summed E-state index contributed by atoms with van der Waals surface area (Å²) in [5, 5.41) is 17.1. The molecule has 0 unspecified atom stereocenters. The van der Waals surface area contributed by atoms with Crippen LogP contribution in [0.3, 0.4) is 0 Å². The van der Waals surface area contributed by atoms with E-state index in [1.807, 2.05) is 0 Å². The lowest BCUT2D eigenvalue weighted by atomic mass is 10.4. The highest BCUT2D eigenvalue weighted by molar-refractivity contribution is 5.31. The summed E-state index contributed by atoms with van der Waals surface area (Å²) in [6.45, 7) is 3.58. The van der Waals surface area contributed by atoms with Gasteiger partial charge in [0.2, 0.25) is 0 Å². The van der Waals surface area contributed by atoms with E-state index in [1.54, 1.807) is 0 Å². The van der Waals surface area contributed by atoms with Gasteiger partial charge < -0.3 is 20.8 Å². The second kappa shape index (κ2) is 7.03. The third kappa shape index (κ3) is 4.95. The second-order valence-corrected chi connectivity index (χ2v) is 3.71. The molecule has 1 aromatic rings. The molecule has 0 bridgehead atoms. The summed E-state index contributed by atoms with van der Waals surface area (Å²) in [7, 11) is 0. The van der Waals surface area contributed by atoms with Crippen molar-refractivity contribution in [2.45, 2.75) is 12.8 Å². The number of hydrogen-bond acceptors (Lipinski definition) is 5. The van der Waals surface area contributed by atoms with Gasteiger partial charge in [0.1, 0.15) is 11.6 Å². The van der Waals surface area contributed by atoms with Gasteiger partial charge in [-0.2, -0.15) is 0 Å². The van der Waals surface area contributed by atoms with E-state index in [0.717, 1.165) is 6.54 Å². The summed E-state index contributed by atoms with van der Waals surface area (Å²) in [5.41, 5.74) is 5.20. The van der Waals surface area contributed by atoms with E-state index in [9.17, 15) is 0 Å². The molecule has 1 saturated heterocycles. The average molecular weight is 225 g/mol. The van der Waals surface area contributed by atoms with Gasteiger partial charge in [-0.3, -0.25) is 0 Å². The standard InChI is InChI=1S/C6H13NO.C5H6N2O/c8-6-5-7-3-1-2-4-7;6-5-2-1-4(8)3-7-5/h8H,1-6H2;1-3,8H,(H2,6,7). The van der Waals surface area contributed by atoms with Gasteiger partial charge in [0.25, 0.3) is 0 Å². The highest BCUT2D eigenvalue weighted by atomic mass is 16.3. The first-order valence-electron chi connectivity index (χ1n) is 5.46. The highest BCUT2D eigenvalue weighted by Crippen LogP contribution is 2.05. The first-order valence-corrected chi connectivity index (χ1v) is 5.46. The largest absolute Gasteiger partial charge is 0.506 e. The Kier molecular flexibility index (Phi) is 5.60. The topological polar surface area (TPSA) is 82.6 Å². The number of β-amino-alcohol motifs (C(OH)–C–C–N with tert-alkyl or cyclic N) is 1. The van der Waals surface area contributed by atoms with E-state index in [1.165, 1.54) is 44.3 Å². The number of pyridine rings is 1. The smallest absolute Gasteiger partial charge is 0.134 e. The number of nitrogens with zero attached hydrogens (tertiary/aromatic N) is 2. The van der Waals surface area contributed by atoms with Gasteiger partial charge in [0.05, 0.1) is 12.8 Å². The molecule has 0 aliphatic carbocycles. The minimum atomic E-state index is 0.138. The van der Waals surface area contributed by atoms with Gasteiger partial charge in [0, 0.05) is 6.54 Å². The van der Waals surface area contributed by atoms with Crippen molar-refractivity contribution in [3.05, 3.63) is 18.3 Å². The first kappa shape index (κ1) is 12.7. The summed E-state index contributed by atoms with van der Waals surface area (Å²) in [6.07, 6.45) is 3.94. The molecular formula is C11H19N3O2. The number of nitrogen functional groups attached to an aromatic ring is 1. The Morgan fingerprint density at radius 3 is 2.44 bits per heavy atom. The van der Waals surface area contributed by atoms with Gasteiger partial charge in [-0.1, -0.05) is 0 Å². The maximum atomic E-state index is 8.64. The summed E-state index contributed by atoms with van der Waals surface area (Å²) in [4.78, 5) is 5.90. The summed E-state index contributed by atoms with van der Waals surface area (Å²) >= 11 is 0. The van der Waals surface area contributed by atoms with E-state index in [2.05, 4.69) is 9.88 Å². The van der Waals surface area contributed by atoms with E-state index < -0.39 is 0 Å². The molecule has 0 aromatic carbocycles. The molecule has 0 spiro atoms. The van der Waals surface area contributed by atoms with Crippen LogP contribution in [0.25, 0.3) is 0 Å². The Balaban J connectivity index is 0.000000160. The molecule has 16 heavy (non-hydrogen) atoms. The monoisotopic (exact) mass is 225 g/mol. The molecule has 0 saturated carbocycles. The van der Waals surface area contributed by atoms with Crippen molar-refractivity contribution >= 4 is 5.82 Å². The molecule has 4 N–H and O–H groups in total. The zero-order valence-corrected chi connectivity index (χ0v) is 9.34. The molecule has 5 heteroatoms. The molecule has 0 amide bonds. The summed E-state index contributed by atoms with van der Waals surface area (Å²) in [6, 6.07) is 3.03. The lowest BCUT2D eigenvalue weighted by molar-refractivity contribution is 0.221. The maximum absolute atomic E-state index is 8.64. The Morgan fingerprint density at radius 1 is 1.31 bits per heavy atom. The van der Waals surface area contributed by atoms with E-state index >= 15 is 0 Å². The Bertz CT molecular complexity index is 263. The maximum Gasteiger partial charge on any atom is 0.134 e. The van der Waals surface area contributed by atoms with Crippen molar-refractivity contribution in [2.75, 3.05) is 32.0 Å². The zero-order chi connectivity index (χ0) is 11.8. The predicted molar refractivity (Wildman–Crippen MR) is 63.1 cm³/mol. The Labute approximate surface area is 95.5 Å². The number of aromatic nitrogens is 1. The third-order valence-corrected chi connectivity index (χ3v) is 2.39. The van der Waals surface area contributed by atoms with Gasteiger partial charge in [-0.05, 0) is 38.1 Å². The molecule has 0 radical (unpaired) electrons. The molecular weight excluding hydrogens is 206 g/mol. The minimum absolute atomic E-state index is 0.138. The van der Waals surface area contributed by atoms with Gasteiger partial charge >= 0.3 is 0 Å². The number of aliphatic hydroxyl groups excluding tert-OH is 1. The van der Waals surface area contributed by atoms with Crippen LogP contribution in [0.1, 0.15) is 12.8 Å². The molecule has 1 fully saturated rings. The van der Waals surface area contributed by atoms with Crippen molar-refractivity contribution in [3.8, 4) is 5.75 Å². The summed E-state index contributed by atoms with van der Waals surface area (Å²) in [5.74, 6) is 0.557. The Morgan fingerprint density at radius 2 is 2.00 bits per heavy atom. The number of nitrogens with two attached hydrogens (primary N) is 1. The first-order chi connectivity index (χ1) is 7.72. The SMILES string of the molecule is Nc1ccc(O)cn1.OCCN1CCCC1. The number of anilines is 1. The summed E-state index contributed by atoms with van der Waals surface area (Å²) < 4.78 is 0. The molecule has 1 aliphatic rings. The lowest BCUT2D eigenvalue weighted by Gasteiger charge is -2.10. The van der Waals surface area contributed by atoms with Crippen LogP contribution < -0.4 is 5.73 Å². The van der Waals surface area contributed by atoms with E-state index in [0.29, 0.717) is 12.4 Å². The quantitative estimate of drug-likeness (QED) is 0.680. The van der Waals surface area contributed by atoms with Crippen LogP contribution in [0.2, 0.25) is 0 Å². The minimum Gasteiger partial charge on any atom is -0.506 e. The Hall–Kier alpha value is -1.33. The van der Waals surface area contributed by atoms with Crippen LogP contribution in [0.4, 0.5) is 5.82 Å². The molecule has 1 aromatic heterocycles. The fourth-order valence-corrected chi connectivity index (χ4v) is 1.55. The zero-order valence-electron chi connectivity index (χ0n) is 9.34. The van der Waals surface area contributed by atoms with Gasteiger partial charge in [0.15, 0.2) is 0 Å². The van der Waals surface area contributed by atoms with Crippen LogP contribution in [0.15, 0.2) is 18.3 Å². The molecule has 2 heterocycles. The van der Waals surface area contributed by atoms with E-state index in [-0.39, 0.29) is 5.75 Å². The molecule has 1 aliphatic heterocycles. The van der Waals surface area contributed by atoms with Crippen molar-refractivity contribution in [1.29, 1.82) is 0 Å². The average Bonchev–Trinajstić information content (AvgIpc) is 2.77. The number of rotatable bonds is 2. The van der Waals surface area contributed by atoms with Gasteiger partial charge in [-0.15, -0.1) is 0 Å². The number of hydrogen-bond donors (Lipinski definition) is 3. The lowest BCUT2D eigenvalue weighted by Crippen LogP contribution is -2.22. The van der Waals surface area contributed by atoms with Crippen LogP contribution in [0.5, 0.6) is 5.75 Å². The molecule has 2 rings (SSSR count). The predicted octanol–water partition coefficient (Wildman–Crippen LogP) is 0.444. The molecule has 0 atom stereocenters. The highest BCUT2D eigenvalue weighted by Gasteiger charge is 2.08. The fraction of sp³-hybridized carbons (Fsp3) is 0.545. The fourth-order valence-electron chi connectivity index (χ4n) is 1.55. The third-order valence-electron chi connectivity index (χ3n) is 2.39. The van der Waals surface area contributed by atoms with Crippen LogP contribution >= 0.6 is 0 Å². The number of aliphatic hydroxyl groups is 1. The van der Waals surface area contributed by atoms with Crippen molar-refractivity contribution in [3.63, 3.8) is 0 Å². The van der Waals surface area contributed by atoms with Crippen molar-refractivity contribution in [1.82, 2.24) is 9.88 Å².